The van der Waals surface area contributed by atoms with Gasteiger partial charge in [0.25, 0.3) is 0 Å². The van der Waals surface area contributed by atoms with Crippen LogP contribution in [0.2, 0.25) is 0 Å². The zero-order valence-electron chi connectivity index (χ0n) is 13.3. The van der Waals surface area contributed by atoms with Crippen molar-refractivity contribution in [3.8, 4) is 11.5 Å². The molecule has 2 aliphatic rings. The van der Waals surface area contributed by atoms with Crippen molar-refractivity contribution in [3.63, 3.8) is 0 Å². The number of hydrogen-bond donors (Lipinski definition) is 0. The molecule has 0 N–H and O–H groups in total. The van der Waals surface area contributed by atoms with Crippen LogP contribution in [0, 0.1) is 0 Å². The van der Waals surface area contributed by atoms with Crippen molar-refractivity contribution in [1.82, 2.24) is 9.80 Å². The van der Waals surface area contributed by atoms with E-state index in [0.29, 0.717) is 6.04 Å². The maximum atomic E-state index is 5.53. The standard InChI is InChI=1S/C17H26N2O2/c1-13-10-18-8-4-5-15(18)12-19(13)11-14-6-7-16(20-2)9-17(14)21-3/h6-7,9,13,15H,4-5,8,10-12H2,1-3H3/t13-,15-/m0/s1. The first-order chi connectivity index (χ1) is 10.2. The Morgan fingerprint density at radius 2 is 2.05 bits per heavy atom. The van der Waals surface area contributed by atoms with Crippen LogP contribution in [0.5, 0.6) is 11.5 Å². The molecule has 2 atom stereocenters. The van der Waals surface area contributed by atoms with E-state index in [9.17, 15) is 0 Å². The van der Waals surface area contributed by atoms with Crippen LogP contribution < -0.4 is 9.47 Å². The summed E-state index contributed by atoms with van der Waals surface area (Å²) in [4.78, 5) is 5.25. The second-order valence-corrected chi connectivity index (χ2v) is 6.25. The van der Waals surface area contributed by atoms with E-state index in [2.05, 4.69) is 22.8 Å². The highest BCUT2D eigenvalue weighted by Crippen LogP contribution is 2.29. The molecule has 0 amide bonds. The van der Waals surface area contributed by atoms with Gasteiger partial charge in [-0.3, -0.25) is 9.80 Å². The van der Waals surface area contributed by atoms with Crippen LogP contribution in [0.15, 0.2) is 18.2 Å². The first kappa shape index (κ1) is 14.7. The number of hydrogen-bond acceptors (Lipinski definition) is 4. The van der Waals surface area contributed by atoms with Gasteiger partial charge in [-0.05, 0) is 32.4 Å². The minimum atomic E-state index is 0.603. The highest BCUT2D eigenvalue weighted by Gasteiger charge is 2.34. The zero-order chi connectivity index (χ0) is 14.8. The van der Waals surface area contributed by atoms with E-state index in [1.54, 1.807) is 14.2 Å². The molecule has 4 nitrogen and oxygen atoms in total. The molecule has 0 saturated carbocycles. The number of benzene rings is 1. The van der Waals surface area contributed by atoms with E-state index in [-0.39, 0.29) is 0 Å². The Kier molecular flexibility index (Phi) is 4.36. The molecule has 21 heavy (non-hydrogen) atoms. The molecular formula is C17H26N2O2. The third-order valence-corrected chi connectivity index (χ3v) is 4.93. The fraction of sp³-hybridized carbons (Fsp3) is 0.647. The van der Waals surface area contributed by atoms with Gasteiger partial charge in [-0.15, -0.1) is 0 Å². The number of nitrogens with zero attached hydrogens (tertiary/aromatic N) is 2. The Morgan fingerprint density at radius 3 is 2.81 bits per heavy atom. The fourth-order valence-electron chi connectivity index (χ4n) is 3.67. The quantitative estimate of drug-likeness (QED) is 0.850. The van der Waals surface area contributed by atoms with Crippen molar-refractivity contribution < 1.29 is 9.47 Å². The van der Waals surface area contributed by atoms with E-state index in [1.165, 1.54) is 38.0 Å². The Hall–Kier alpha value is -1.26. The lowest BCUT2D eigenvalue weighted by molar-refractivity contribution is 0.0535. The Morgan fingerprint density at radius 1 is 1.19 bits per heavy atom. The van der Waals surface area contributed by atoms with Gasteiger partial charge < -0.3 is 9.47 Å². The Labute approximate surface area is 127 Å². The minimum absolute atomic E-state index is 0.603. The fourth-order valence-corrected chi connectivity index (χ4v) is 3.67. The van der Waals surface area contributed by atoms with Crippen LogP contribution in [-0.2, 0) is 6.54 Å². The van der Waals surface area contributed by atoms with Crippen molar-refractivity contribution in [3.05, 3.63) is 23.8 Å². The summed E-state index contributed by atoms with van der Waals surface area (Å²) < 4.78 is 10.8. The normalized spacial score (nSPS) is 26.6. The molecule has 2 saturated heterocycles. The summed E-state index contributed by atoms with van der Waals surface area (Å²) in [5.74, 6) is 1.78. The molecule has 0 bridgehead atoms. The maximum absolute atomic E-state index is 5.53. The van der Waals surface area contributed by atoms with Gasteiger partial charge in [0.2, 0.25) is 0 Å². The summed E-state index contributed by atoms with van der Waals surface area (Å²) in [5.41, 5.74) is 1.25. The number of fused-ring (bicyclic) bond motifs is 1. The summed E-state index contributed by atoms with van der Waals surface area (Å²) in [6.07, 6.45) is 2.71. The molecule has 1 aromatic carbocycles. The maximum Gasteiger partial charge on any atom is 0.127 e. The number of ether oxygens (including phenoxy) is 2. The molecule has 1 aromatic rings. The van der Waals surface area contributed by atoms with Crippen molar-refractivity contribution in [1.29, 1.82) is 0 Å². The van der Waals surface area contributed by atoms with E-state index in [4.69, 9.17) is 9.47 Å². The van der Waals surface area contributed by atoms with E-state index in [1.807, 2.05) is 12.1 Å². The average molecular weight is 290 g/mol. The molecule has 0 spiro atoms. The number of piperazine rings is 1. The number of rotatable bonds is 4. The highest BCUT2D eigenvalue weighted by atomic mass is 16.5. The van der Waals surface area contributed by atoms with Crippen molar-refractivity contribution in [2.45, 2.75) is 38.4 Å². The van der Waals surface area contributed by atoms with Crippen molar-refractivity contribution >= 4 is 0 Å². The highest BCUT2D eigenvalue weighted by molar-refractivity contribution is 5.40. The third kappa shape index (κ3) is 3.01. The smallest absolute Gasteiger partial charge is 0.127 e. The van der Waals surface area contributed by atoms with Gasteiger partial charge in [0.1, 0.15) is 11.5 Å². The third-order valence-electron chi connectivity index (χ3n) is 4.93. The predicted octanol–water partition coefficient (Wildman–Crippen LogP) is 2.37. The Balaban J connectivity index is 1.73. The van der Waals surface area contributed by atoms with Gasteiger partial charge in [0, 0.05) is 43.3 Å². The monoisotopic (exact) mass is 290 g/mol. The largest absolute Gasteiger partial charge is 0.497 e. The molecule has 0 aromatic heterocycles. The molecule has 0 unspecified atom stereocenters. The van der Waals surface area contributed by atoms with Gasteiger partial charge in [0.05, 0.1) is 14.2 Å². The summed E-state index contributed by atoms with van der Waals surface area (Å²) in [7, 11) is 3.42. The second kappa shape index (κ2) is 6.24. The van der Waals surface area contributed by atoms with E-state index < -0.39 is 0 Å². The van der Waals surface area contributed by atoms with E-state index in [0.717, 1.165) is 24.1 Å². The lowest BCUT2D eigenvalue weighted by atomic mass is 10.1. The first-order valence-electron chi connectivity index (χ1n) is 7.90. The van der Waals surface area contributed by atoms with Crippen LogP contribution in [0.25, 0.3) is 0 Å². The van der Waals surface area contributed by atoms with Gasteiger partial charge in [-0.1, -0.05) is 6.07 Å². The molecule has 0 aliphatic carbocycles. The second-order valence-electron chi connectivity index (χ2n) is 6.25. The molecule has 2 heterocycles. The van der Waals surface area contributed by atoms with Gasteiger partial charge >= 0.3 is 0 Å². The predicted molar refractivity (Wildman–Crippen MR) is 84.0 cm³/mol. The zero-order valence-corrected chi connectivity index (χ0v) is 13.3. The minimum Gasteiger partial charge on any atom is -0.497 e. The summed E-state index contributed by atoms with van der Waals surface area (Å²) >= 11 is 0. The molecular weight excluding hydrogens is 264 g/mol. The lowest BCUT2D eigenvalue weighted by Crippen LogP contribution is -2.54. The first-order valence-corrected chi connectivity index (χ1v) is 7.90. The molecule has 0 radical (unpaired) electrons. The lowest BCUT2D eigenvalue weighted by Gasteiger charge is -2.42. The SMILES string of the molecule is COc1ccc(CN2C[C@@H]3CCCN3C[C@@H]2C)c(OC)c1. The average Bonchev–Trinajstić information content (AvgIpc) is 2.95. The summed E-state index contributed by atoms with van der Waals surface area (Å²) in [6, 6.07) is 7.49. The van der Waals surface area contributed by atoms with Crippen molar-refractivity contribution in [2.75, 3.05) is 33.9 Å². The summed E-state index contributed by atoms with van der Waals surface area (Å²) in [6.45, 7) is 6.96. The van der Waals surface area contributed by atoms with Crippen LogP contribution in [0.3, 0.4) is 0 Å². The Bertz CT molecular complexity index is 492. The molecule has 116 valence electrons. The number of methoxy groups -OCH3 is 2. The van der Waals surface area contributed by atoms with Crippen molar-refractivity contribution in [2.24, 2.45) is 0 Å². The van der Waals surface area contributed by atoms with Crippen LogP contribution in [-0.4, -0.2) is 55.7 Å². The molecule has 2 aliphatic heterocycles. The molecule has 2 fully saturated rings. The van der Waals surface area contributed by atoms with E-state index >= 15 is 0 Å². The topological polar surface area (TPSA) is 24.9 Å². The van der Waals surface area contributed by atoms with Gasteiger partial charge in [0.15, 0.2) is 0 Å². The van der Waals surface area contributed by atoms with Gasteiger partial charge in [-0.25, -0.2) is 0 Å². The molecule has 4 heteroatoms. The molecule has 3 rings (SSSR count). The summed E-state index contributed by atoms with van der Waals surface area (Å²) in [5, 5.41) is 0. The van der Waals surface area contributed by atoms with Crippen LogP contribution in [0.4, 0.5) is 0 Å². The van der Waals surface area contributed by atoms with Crippen LogP contribution in [0.1, 0.15) is 25.3 Å². The van der Waals surface area contributed by atoms with Crippen LogP contribution >= 0.6 is 0 Å². The van der Waals surface area contributed by atoms with Gasteiger partial charge in [-0.2, -0.15) is 0 Å².